The lowest BCUT2D eigenvalue weighted by Crippen LogP contribution is -2.17. The third-order valence-corrected chi connectivity index (χ3v) is 2.93. The van der Waals surface area contributed by atoms with E-state index in [0.29, 0.717) is 3.11 Å². The maximum atomic E-state index is 13.2. The summed E-state index contributed by atoms with van der Waals surface area (Å²) in [7, 11) is 0. The van der Waals surface area contributed by atoms with E-state index in [4.69, 9.17) is 0 Å². The van der Waals surface area contributed by atoms with Gasteiger partial charge in [-0.1, -0.05) is 0 Å². The summed E-state index contributed by atoms with van der Waals surface area (Å²) in [6.45, 7) is 0. The summed E-state index contributed by atoms with van der Waals surface area (Å²) in [5.74, 6) is -10.3. The van der Waals surface area contributed by atoms with Crippen LogP contribution < -0.4 is 0 Å². The summed E-state index contributed by atoms with van der Waals surface area (Å²) >= 11 is 1.19. The lowest BCUT2D eigenvalue weighted by molar-refractivity contribution is 0.0794. The van der Waals surface area contributed by atoms with E-state index in [9.17, 15) is 27.2 Å². The molecule has 0 aromatic heterocycles. The van der Waals surface area contributed by atoms with Gasteiger partial charge in [0.05, 0.1) is 34.0 Å². The molecule has 0 saturated carbocycles. The molecule has 84 valence electrons. The molecule has 0 unspecified atom stereocenters. The van der Waals surface area contributed by atoms with Crippen LogP contribution in [0.1, 0.15) is 20.7 Å². The Morgan fingerprint density at radius 3 is 1.38 bits per heavy atom. The first kappa shape index (κ1) is 11.3. The van der Waals surface area contributed by atoms with E-state index in [1.807, 2.05) is 0 Å². The molecule has 1 aromatic rings. The molecule has 2 amide bonds. The molecule has 16 heavy (non-hydrogen) atoms. The highest BCUT2D eigenvalue weighted by Crippen LogP contribution is 2.32. The molecule has 8 heteroatoms. The second-order valence-corrected chi connectivity index (χ2v) is 3.86. The molecule has 1 aliphatic rings. The second kappa shape index (κ2) is 3.40. The zero-order valence-electron chi connectivity index (χ0n) is 7.15. The number of hydrogen-bond acceptors (Lipinski definition) is 2. The van der Waals surface area contributed by atoms with Crippen LogP contribution in [0.3, 0.4) is 0 Å². The topological polar surface area (TPSA) is 37.4 Å². The number of benzene rings is 1. The zero-order valence-corrected chi connectivity index (χ0v) is 9.31. The van der Waals surface area contributed by atoms with Crippen molar-refractivity contribution >= 4 is 34.7 Å². The van der Waals surface area contributed by atoms with Gasteiger partial charge in [0.15, 0.2) is 23.3 Å². The first-order valence-electron chi connectivity index (χ1n) is 3.78. The van der Waals surface area contributed by atoms with Gasteiger partial charge in [-0.05, 0) is 0 Å². The number of halogens is 5. The average Bonchev–Trinajstić information content (AvgIpc) is 2.48. The van der Waals surface area contributed by atoms with Crippen LogP contribution in [-0.4, -0.2) is 14.9 Å². The minimum Gasteiger partial charge on any atom is -0.268 e. The van der Waals surface area contributed by atoms with Crippen molar-refractivity contribution in [2.45, 2.75) is 0 Å². The summed E-state index contributed by atoms with van der Waals surface area (Å²) in [6, 6.07) is 0. The van der Waals surface area contributed by atoms with Gasteiger partial charge >= 0.3 is 0 Å². The van der Waals surface area contributed by atoms with Gasteiger partial charge in [-0.2, -0.15) is 0 Å². The van der Waals surface area contributed by atoms with Crippen LogP contribution >= 0.6 is 22.9 Å². The van der Waals surface area contributed by atoms with Crippen molar-refractivity contribution in [3.63, 3.8) is 0 Å². The molecule has 0 fully saturated rings. The molecule has 0 radical (unpaired) electrons. The molecule has 0 bridgehead atoms. The monoisotopic (exact) mass is 345 g/mol. The Balaban J connectivity index is 2.91. The summed E-state index contributed by atoms with van der Waals surface area (Å²) in [6.07, 6.45) is 0. The quantitative estimate of drug-likeness (QED) is 0.181. The lowest BCUT2D eigenvalue weighted by Gasteiger charge is -2.01. The fourth-order valence-corrected chi connectivity index (χ4v) is 1.80. The second-order valence-electron chi connectivity index (χ2n) is 2.90. The Bertz CT molecular complexity index is 499. The number of carbonyl (C=O) groups is 2. The highest BCUT2D eigenvalue weighted by molar-refractivity contribution is 14.1. The maximum Gasteiger partial charge on any atom is 0.273 e. The van der Waals surface area contributed by atoms with Gasteiger partial charge in [-0.25, -0.2) is 20.7 Å². The van der Waals surface area contributed by atoms with Crippen molar-refractivity contribution in [1.29, 1.82) is 0 Å². The molecule has 0 atom stereocenters. The molecular formula is C8F4INO2. The number of hydrogen-bond donors (Lipinski definition) is 0. The number of fused-ring (bicyclic) bond motifs is 1. The predicted octanol–water partition coefficient (Wildman–Crippen LogP) is 2.19. The van der Waals surface area contributed by atoms with Crippen LogP contribution in [0.4, 0.5) is 17.6 Å². The van der Waals surface area contributed by atoms with Gasteiger partial charge in [0, 0.05) is 0 Å². The van der Waals surface area contributed by atoms with E-state index in [-0.39, 0.29) is 0 Å². The van der Waals surface area contributed by atoms with Crippen molar-refractivity contribution < 1.29 is 27.2 Å². The van der Waals surface area contributed by atoms with Gasteiger partial charge in [0.25, 0.3) is 11.8 Å². The van der Waals surface area contributed by atoms with E-state index in [1.54, 1.807) is 0 Å². The summed E-state index contributed by atoms with van der Waals surface area (Å²) in [4.78, 5) is 22.5. The van der Waals surface area contributed by atoms with Crippen LogP contribution in [-0.2, 0) is 0 Å². The third-order valence-electron chi connectivity index (χ3n) is 2.05. The predicted molar refractivity (Wildman–Crippen MR) is 50.8 cm³/mol. The van der Waals surface area contributed by atoms with E-state index >= 15 is 0 Å². The van der Waals surface area contributed by atoms with Crippen LogP contribution in [0.25, 0.3) is 0 Å². The van der Waals surface area contributed by atoms with Crippen LogP contribution in [0, 0.1) is 23.3 Å². The van der Waals surface area contributed by atoms with Crippen molar-refractivity contribution in [3.05, 3.63) is 34.4 Å². The van der Waals surface area contributed by atoms with E-state index < -0.39 is 46.2 Å². The molecule has 1 aromatic carbocycles. The highest BCUT2D eigenvalue weighted by Gasteiger charge is 2.43. The van der Waals surface area contributed by atoms with E-state index in [1.165, 1.54) is 22.9 Å². The van der Waals surface area contributed by atoms with E-state index in [0.717, 1.165) is 0 Å². The number of nitrogens with zero attached hydrogens (tertiary/aromatic N) is 1. The average molecular weight is 345 g/mol. The Kier molecular flexibility index (Phi) is 2.40. The standard InChI is InChI=1S/C8F4INO2/c9-3-1-2(4(10)6(12)5(3)11)8(16)14(13)7(1)15. The minimum atomic E-state index is -2.11. The SMILES string of the molecule is O=C1c2c(F)c(F)c(F)c(F)c2C(=O)N1I. The smallest absolute Gasteiger partial charge is 0.268 e. The van der Waals surface area contributed by atoms with Gasteiger partial charge in [-0.3, -0.25) is 9.59 Å². The Labute approximate surface area is 99.5 Å². The van der Waals surface area contributed by atoms with Crippen molar-refractivity contribution in [3.8, 4) is 0 Å². The molecule has 0 aliphatic carbocycles. The van der Waals surface area contributed by atoms with E-state index in [2.05, 4.69) is 0 Å². The zero-order chi connectivity index (χ0) is 12.2. The fourth-order valence-electron chi connectivity index (χ4n) is 1.32. The Morgan fingerprint density at radius 2 is 1.06 bits per heavy atom. The number of amides is 2. The Morgan fingerprint density at radius 1 is 0.750 bits per heavy atom. The van der Waals surface area contributed by atoms with Crippen LogP contribution in [0.2, 0.25) is 0 Å². The lowest BCUT2D eigenvalue weighted by atomic mass is 10.1. The molecule has 0 spiro atoms. The fraction of sp³-hybridized carbons (Fsp3) is 0. The minimum absolute atomic E-state index is 0.355. The van der Waals surface area contributed by atoms with Gasteiger partial charge < -0.3 is 0 Å². The molecule has 0 N–H and O–H groups in total. The Hall–Kier alpha value is -1.19. The number of imide groups is 1. The summed E-state index contributed by atoms with van der Waals surface area (Å²) in [5.41, 5.74) is -2.15. The number of rotatable bonds is 0. The molecule has 1 heterocycles. The van der Waals surface area contributed by atoms with Crippen molar-refractivity contribution in [2.75, 3.05) is 0 Å². The molecule has 2 rings (SSSR count). The van der Waals surface area contributed by atoms with Gasteiger partial charge in [0.1, 0.15) is 0 Å². The summed E-state index contributed by atoms with van der Waals surface area (Å²) in [5, 5.41) is 0. The maximum absolute atomic E-state index is 13.2. The normalized spacial score (nSPS) is 14.7. The molecule has 3 nitrogen and oxygen atoms in total. The highest BCUT2D eigenvalue weighted by atomic mass is 127. The van der Waals surface area contributed by atoms with Crippen molar-refractivity contribution in [1.82, 2.24) is 3.11 Å². The first-order chi connectivity index (χ1) is 7.37. The molecular weight excluding hydrogens is 345 g/mol. The van der Waals surface area contributed by atoms with Crippen molar-refractivity contribution in [2.24, 2.45) is 0 Å². The van der Waals surface area contributed by atoms with Crippen LogP contribution in [0.15, 0.2) is 0 Å². The first-order valence-corrected chi connectivity index (χ1v) is 4.75. The summed E-state index contributed by atoms with van der Waals surface area (Å²) < 4.78 is 52.3. The largest absolute Gasteiger partial charge is 0.273 e. The van der Waals surface area contributed by atoms with Gasteiger partial charge in [-0.15, -0.1) is 0 Å². The van der Waals surface area contributed by atoms with Gasteiger partial charge in [0.2, 0.25) is 0 Å². The van der Waals surface area contributed by atoms with Crippen LogP contribution in [0.5, 0.6) is 0 Å². The molecule has 1 aliphatic heterocycles. The molecule has 0 saturated heterocycles. The third kappa shape index (κ3) is 1.19. The number of carbonyl (C=O) groups excluding carboxylic acids is 2.